The van der Waals surface area contributed by atoms with Crippen LogP contribution in [-0.4, -0.2) is 117 Å². The molecule has 2 rings (SSSR count). The summed E-state index contributed by atoms with van der Waals surface area (Å²) in [5.41, 5.74) is 1.67. The third-order valence-corrected chi connectivity index (χ3v) is 7.15. The molecule has 0 aliphatic carbocycles. The summed E-state index contributed by atoms with van der Waals surface area (Å²) in [6.45, 7) is 9.01. The first-order valence-corrected chi connectivity index (χ1v) is 17.7. The van der Waals surface area contributed by atoms with Crippen LogP contribution in [0.3, 0.4) is 0 Å². The van der Waals surface area contributed by atoms with Crippen LogP contribution in [0.25, 0.3) is 0 Å². The lowest BCUT2D eigenvalue weighted by Crippen LogP contribution is -2.20. The van der Waals surface area contributed by atoms with Crippen LogP contribution in [0.2, 0.25) is 0 Å². The number of benzene rings is 2. The van der Waals surface area contributed by atoms with Gasteiger partial charge in [0, 0.05) is 5.56 Å². The van der Waals surface area contributed by atoms with Gasteiger partial charge in [0.2, 0.25) is 0 Å². The zero-order chi connectivity index (χ0) is 34.9. The molecule has 11 heteroatoms. The number of ether oxygens (including phenoxy) is 9. The molecule has 49 heavy (non-hydrogen) atoms. The van der Waals surface area contributed by atoms with Crippen molar-refractivity contribution in [2.75, 3.05) is 106 Å². The van der Waals surface area contributed by atoms with Gasteiger partial charge in [0.25, 0.3) is 5.78 Å². The number of Topliss-reactive ketones (excluding diaryl/α,β-unsaturated/α-hetero) is 1. The lowest BCUT2D eigenvalue weighted by Gasteiger charge is -2.09. The van der Waals surface area contributed by atoms with E-state index in [2.05, 4.69) is 19.1 Å². The van der Waals surface area contributed by atoms with E-state index >= 15 is 0 Å². The summed E-state index contributed by atoms with van der Waals surface area (Å²) in [5.74, 6) is -0.689. The van der Waals surface area contributed by atoms with Gasteiger partial charge < -0.3 is 42.6 Å². The lowest BCUT2D eigenvalue weighted by atomic mass is 10.0. The van der Waals surface area contributed by atoms with E-state index in [-0.39, 0.29) is 13.2 Å². The quantitative estimate of drug-likeness (QED) is 0.0401. The summed E-state index contributed by atoms with van der Waals surface area (Å²) < 4.78 is 49.0. The van der Waals surface area contributed by atoms with Crippen molar-refractivity contribution in [2.24, 2.45) is 0 Å². The first-order valence-electron chi connectivity index (χ1n) is 17.7. The molecular weight excluding hydrogens is 632 g/mol. The predicted octanol–water partition coefficient (Wildman–Crippen LogP) is 5.51. The maximum absolute atomic E-state index is 11.9. The van der Waals surface area contributed by atoms with Crippen molar-refractivity contribution in [3.8, 4) is 5.75 Å². The summed E-state index contributed by atoms with van der Waals surface area (Å²) in [6.07, 6.45) is 9.05. The second-order valence-corrected chi connectivity index (χ2v) is 11.1. The smallest absolute Gasteiger partial charge is 0.379 e. The number of hydrogen-bond acceptors (Lipinski definition) is 11. The highest BCUT2D eigenvalue weighted by Crippen LogP contribution is 2.15. The number of carbonyl (C=O) groups is 2. The van der Waals surface area contributed by atoms with E-state index in [0.29, 0.717) is 98.1 Å². The van der Waals surface area contributed by atoms with Gasteiger partial charge in [-0.05, 0) is 30.5 Å². The van der Waals surface area contributed by atoms with Gasteiger partial charge in [0.1, 0.15) is 19.0 Å². The van der Waals surface area contributed by atoms with Crippen molar-refractivity contribution in [3.05, 3.63) is 65.7 Å². The summed E-state index contributed by atoms with van der Waals surface area (Å²) >= 11 is 0. The van der Waals surface area contributed by atoms with Crippen molar-refractivity contribution in [2.45, 2.75) is 51.9 Å². The highest BCUT2D eigenvalue weighted by molar-refractivity contribution is 6.40. The van der Waals surface area contributed by atoms with Crippen molar-refractivity contribution in [1.29, 1.82) is 0 Å². The second-order valence-electron chi connectivity index (χ2n) is 11.1. The molecule has 0 radical (unpaired) electrons. The molecule has 2 aromatic carbocycles. The molecule has 0 atom stereocenters. The van der Waals surface area contributed by atoms with Crippen molar-refractivity contribution in [1.82, 2.24) is 0 Å². The van der Waals surface area contributed by atoms with Crippen LogP contribution < -0.4 is 4.74 Å². The molecule has 0 aliphatic rings. The highest BCUT2D eigenvalue weighted by Gasteiger charge is 2.17. The molecule has 0 spiro atoms. The molecular formula is C38H58O11. The summed E-state index contributed by atoms with van der Waals surface area (Å²) in [5, 5.41) is 0. The minimum absolute atomic E-state index is 0.00151. The second kappa shape index (κ2) is 31.1. The van der Waals surface area contributed by atoms with Crippen LogP contribution in [0.5, 0.6) is 5.75 Å². The topological polar surface area (TPSA) is 117 Å². The Bertz CT molecular complexity index is 1050. The third kappa shape index (κ3) is 24.0. The Labute approximate surface area is 292 Å². The maximum Gasteiger partial charge on any atom is 0.379 e. The molecule has 0 saturated heterocycles. The van der Waals surface area contributed by atoms with Crippen LogP contribution in [0.15, 0.2) is 54.6 Å². The average Bonchev–Trinajstić information content (AvgIpc) is 3.13. The fourth-order valence-corrected chi connectivity index (χ4v) is 4.47. The largest absolute Gasteiger partial charge is 0.491 e. The predicted molar refractivity (Wildman–Crippen MR) is 186 cm³/mol. The number of hydrogen-bond donors (Lipinski definition) is 0. The van der Waals surface area contributed by atoms with Crippen LogP contribution in [0.4, 0.5) is 0 Å². The summed E-state index contributed by atoms with van der Waals surface area (Å²) in [7, 11) is 0. The van der Waals surface area contributed by atoms with E-state index in [4.69, 9.17) is 42.6 Å². The van der Waals surface area contributed by atoms with E-state index in [1.165, 1.54) is 44.1 Å². The van der Waals surface area contributed by atoms with Crippen molar-refractivity contribution < 1.29 is 52.2 Å². The average molecular weight is 691 g/mol. The molecule has 11 nitrogen and oxygen atoms in total. The molecule has 0 N–H and O–H groups in total. The van der Waals surface area contributed by atoms with Crippen LogP contribution >= 0.6 is 0 Å². The van der Waals surface area contributed by atoms with E-state index in [1.54, 1.807) is 30.3 Å². The Kier molecular flexibility index (Phi) is 26.8. The SMILES string of the molecule is CCCCCCCCc1ccc(OCCOCCOCCOCCOCCOCCOCCOCCOC(=O)C(=O)c2ccccc2)cc1. The van der Waals surface area contributed by atoms with Gasteiger partial charge in [-0.1, -0.05) is 81.5 Å². The van der Waals surface area contributed by atoms with Crippen molar-refractivity contribution in [3.63, 3.8) is 0 Å². The normalized spacial score (nSPS) is 11.1. The first kappa shape index (κ1) is 42.3. The molecule has 0 fully saturated rings. The Hall–Kier alpha value is -2.90. The monoisotopic (exact) mass is 690 g/mol. The number of rotatable bonds is 34. The molecule has 2 aromatic rings. The minimum atomic E-state index is -0.893. The number of esters is 1. The van der Waals surface area contributed by atoms with Crippen LogP contribution in [0, 0.1) is 0 Å². The molecule has 0 bridgehead atoms. The molecule has 0 saturated carbocycles. The Morgan fingerprint density at radius 1 is 0.469 bits per heavy atom. The third-order valence-electron chi connectivity index (χ3n) is 7.15. The Morgan fingerprint density at radius 2 is 0.898 bits per heavy atom. The molecule has 0 aromatic heterocycles. The lowest BCUT2D eigenvalue weighted by molar-refractivity contribution is -0.139. The van der Waals surface area contributed by atoms with E-state index < -0.39 is 11.8 Å². The summed E-state index contributed by atoms with van der Waals surface area (Å²) in [4.78, 5) is 23.6. The van der Waals surface area contributed by atoms with Gasteiger partial charge >= 0.3 is 5.97 Å². The van der Waals surface area contributed by atoms with E-state index in [1.807, 2.05) is 12.1 Å². The highest BCUT2D eigenvalue weighted by atomic mass is 16.6. The van der Waals surface area contributed by atoms with E-state index in [0.717, 1.165) is 12.2 Å². The van der Waals surface area contributed by atoms with Crippen LogP contribution in [-0.2, 0) is 49.1 Å². The van der Waals surface area contributed by atoms with Gasteiger partial charge in [-0.25, -0.2) is 4.79 Å². The standard InChI is InChI=1S/C38H58O11/c1-2-3-4-5-6-8-11-34-14-16-36(17-15-34)48-32-30-46-28-26-44-24-22-42-20-18-41-19-21-43-23-25-45-27-29-47-31-33-49-38(40)37(39)35-12-9-7-10-13-35/h7,9-10,12-17H,2-6,8,11,18-33H2,1H3. The molecule has 0 unspecified atom stereocenters. The van der Waals surface area contributed by atoms with Gasteiger partial charge in [-0.15, -0.1) is 0 Å². The fourth-order valence-electron chi connectivity index (χ4n) is 4.47. The fraction of sp³-hybridized carbons (Fsp3) is 0.632. The maximum atomic E-state index is 11.9. The van der Waals surface area contributed by atoms with Gasteiger partial charge in [-0.2, -0.15) is 0 Å². The van der Waals surface area contributed by atoms with Gasteiger partial charge in [0.05, 0.1) is 92.5 Å². The van der Waals surface area contributed by atoms with Gasteiger partial charge in [-0.3, -0.25) is 4.79 Å². The Balaban J connectivity index is 1.22. The van der Waals surface area contributed by atoms with Crippen molar-refractivity contribution >= 4 is 11.8 Å². The number of unbranched alkanes of at least 4 members (excludes halogenated alkanes) is 5. The molecule has 0 amide bonds. The molecule has 0 heterocycles. The van der Waals surface area contributed by atoms with Crippen LogP contribution in [0.1, 0.15) is 61.4 Å². The molecule has 0 aliphatic heterocycles. The van der Waals surface area contributed by atoms with E-state index in [9.17, 15) is 9.59 Å². The number of ketones is 1. The number of aryl methyl sites for hydroxylation is 1. The summed E-state index contributed by atoms with van der Waals surface area (Å²) in [6, 6.07) is 16.7. The zero-order valence-electron chi connectivity index (χ0n) is 29.5. The Morgan fingerprint density at radius 3 is 1.39 bits per heavy atom. The molecule has 276 valence electrons. The first-order chi connectivity index (χ1) is 24.2. The zero-order valence-corrected chi connectivity index (χ0v) is 29.5. The number of carbonyl (C=O) groups excluding carboxylic acids is 2. The van der Waals surface area contributed by atoms with Gasteiger partial charge in [0.15, 0.2) is 0 Å². The minimum Gasteiger partial charge on any atom is -0.491 e.